The minimum Gasteiger partial charge on any atom is -0.377 e. The maximum atomic E-state index is 12.5. The van der Waals surface area contributed by atoms with Crippen molar-refractivity contribution in [3.05, 3.63) is 23.3 Å². The lowest BCUT2D eigenvalue weighted by Gasteiger charge is -2.20. The summed E-state index contributed by atoms with van der Waals surface area (Å²) in [7, 11) is 0. The number of aromatic nitrogens is 2. The fourth-order valence-electron chi connectivity index (χ4n) is 2.90. The van der Waals surface area contributed by atoms with E-state index in [1.54, 1.807) is 12.3 Å². The van der Waals surface area contributed by atoms with E-state index in [2.05, 4.69) is 29.1 Å². The van der Waals surface area contributed by atoms with E-state index in [1.807, 2.05) is 5.38 Å². The summed E-state index contributed by atoms with van der Waals surface area (Å²) in [4.78, 5) is 30.8. The summed E-state index contributed by atoms with van der Waals surface area (Å²) in [5, 5.41) is 5.24. The number of ether oxygens (including phenoxy) is 1. The molecule has 1 fully saturated rings. The molecular formula is C16H20N4O3S. The number of nitrogens with zero attached hydrogens (tertiary/aromatic N) is 1. The topological polar surface area (TPSA) is 110 Å². The van der Waals surface area contributed by atoms with E-state index in [4.69, 9.17) is 10.5 Å². The molecule has 3 heterocycles. The zero-order valence-electron chi connectivity index (χ0n) is 13.5. The minimum absolute atomic E-state index is 0.0489. The van der Waals surface area contributed by atoms with Crippen LogP contribution >= 0.6 is 11.3 Å². The fraction of sp³-hybridized carbons (Fsp3) is 0.438. The Balaban J connectivity index is 1.69. The summed E-state index contributed by atoms with van der Waals surface area (Å²) in [6, 6.07) is 1.64. The van der Waals surface area contributed by atoms with Gasteiger partial charge in [0, 0.05) is 23.7 Å². The number of carbonyl (C=O) groups excluding carboxylic acids is 2. The standard InChI is InChI=1S/C16H20N4O3S/c1-8(2)13-10(3-4-23-13)15(22)20-16-19-12(7-24-16)9-5-11(14(17)21)18-6-9/h5-8,10,13,18H,3-4H2,1-2H3,(H2,17,21)(H,19,20,22)/t10-,13+/m1/s1. The maximum Gasteiger partial charge on any atom is 0.265 e. The van der Waals surface area contributed by atoms with E-state index >= 15 is 0 Å². The van der Waals surface area contributed by atoms with Crippen LogP contribution < -0.4 is 11.1 Å². The van der Waals surface area contributed by atoms with Crippen LogP contribution in [0.2, 0.25) is 0 Å². The molecule has 8 heteroatoms. The highest BCUT2D eigenvalue weighted by molar-refractivity contribution is 7.14. The smallest absolute Gasteiger partial charge is 0.265 e. The number of H-pyrrole nitrogens is 1. The third-order valence-electron chi connectivity index (χ3n) is 4.11. The van der Waals surface area contributed by atoms with Crippen LogP contribution in [0.5, 0.6) is 0 Å². The SMILES string of the molecule is CC(C)[C@@H]1OCC[C@H]1C(=O)Nc1nc(-c2c[nH]c(C(N)=O)c2)cs1. The number of nitrogens with one attached hydrogen (secondary N) is 2. The summed E-state index contributed by atoms with van der Waals surface area (Å²) in [5.74, 6) is -0.432. The molecule has 2 aromatic heterocycles. The molecule has 2 atom stereocenters. The van der Waals surface area contributed by atoms with Crippen molar-refractivity contribution in [1.29, 1.82) is 0 Å². The number of primary amides is 1. The zero-order valence-corrected chi connectivity index (χ0v) is 14.4. The second-order valence-electron chi connectivity index (χ2n) is 6.17. The summed E-state index contributed by atoms with van der Waals surface area (Å²) in [6.07, 6.45) is 2.35. The van der Waals surface area contributed by atoms with Crippen molar-refractivity contribution in [2.75, 3.05) is 11.9 Å². The molecule has 1 aliphatic heterocycles. The molecule has 3 rings (SSSR count). The Morgan fingerprint density at radius 2 is 2.29 bits per heavy atom. The van der Waals surface area contributed by atoms with Crippen LogP contribution in [0.4, 0.5) is 5.13 Å². The lowest BCUT2D eigenvalue weighted by atomic mass is 9.92. The van der Waals surface area contributed by atoms with Crippen LogP contribution in [0.1, 0.15) is 30.8 Å². The van der Waals surface area contributed by atoms with Crippen LogP contribution in [0.3, 0.4) is 0 Å². The van der Waals surface area contributed by atoms with Crippen LogP contribution in [0, 0.1) is 11.8 Å². The lowest BCUT2D eigenvalue weighted by molar-refractivity contribution is -0.122. The van der Waals surface area contributed by atoms with Gasteiger partial charge in [0.2, 0.25) is 5.91 Å². The van der Waals surface area contributed by atoms with Crippen molar-refractivity contribution in [3.8, 4) is 11.3 Å². The average molecular weight is 348 g/mol. The molecule has 0 aliphatic carbocycles. The van der Waals surface area contributed by atoms with Gasteiger partial charge in [0.05, 0.1) is 17.7 Å². The molecule has 0 spiro atoms. The van der Waals surface area contributed by atoms with E-state index in [-0.39, 0.29) is 17.9 Å². The Morgan fingerprint density at radius 1 is 1.50 bits per heavy atom. The van der Waals surface area contributed by atoms with Crippen LogP contribution in [-0.2, 0) is 9.53 Å². The van der Waals surface area contributed by atoms with Gasteiger partial charge in [0.25, 0.3) is 5.91 Å². The Labute approximate surface area is 143 Å². The molecule has 0 unspecified atom stereocenters. The highest BCUT2D eigenvalue weighted by atomic mass is 32.1. The third-order valence-corrected chi connectivity index (χ3v) is 4.87. The van der Waals surface area contributed by atoms with Gasteiger partial charge in [-0.25, -0.2) is 4.98 Å². The molecule has 4 N–H and O–H groups in total. The van der Waals surface area contributed by atoms with Gasteiger partial charge >= 0.3 is 0 Å². The number of nitrogens with two attached hydrogens (primary N) is 1. The molecule has 128 valence electrons. The Hall–Kier alpha value is -2.19. The normalized spacial score (nSPS) is 20.5. The molecule has 7 nitrogen and oxygen atoms in total. The van der Waals surface area contributed by atoms with Crippen molar-refractivity contribution >= 4 is 28.3 Å². The van der Waals surface area contributed by atoms with Crippen molar-refractivity contribution in [3.63, 3.8) is 0 Å². The third kappa shape index (κ3) is 3.34. The molecule has 2 amide bonds. The molecular weight excluding hydrogens is 328 g/mol. The zero-order chi connectivity index (χ0) is 17.3. The predicted molar refractivity (Wildman–Crippen MR) is 91.7 cm³/mol. The summed E-state index contributed by atoms with van der Waals surface area (Å²) >= 11 is 1.34. The van der Waals surface area contributed by atoms with Gasteiger partial charge < -0.3 is 20.8 Å². The minimum atomic E-state index is -0.522. The first-order valence-electron chi connectivity index (χ1n) is 7.82. The van der Waals surface area contributed by atoms with Crippen LogP contribution in [0.25, 0.3) is 11.3 Å². The van der Waals surface area contributed by atoms with E-state index in [0.717, 1.165) is 12.0 Å². The van der Waals surface area contributed by atoms with Crippen LogP contribution in [0.15, 0.2) is 17.6 Å². The van der Waals surface area contributed by atoms with Gasteiger partial charge in [-0.15, -0.1) is 11.3 Å². The van der Waals surface area contributed by atoms with E-state index in [1.165, 1.54) is 11.3 Å². The van der Waals surface area contributed by atoms with Gasteiger partial charge in [-0.2, -0.15) is 0 Å². The summed E-state index contributed by atoms with van der Waals surface area (Å²) in [6.45, 7) is 4.73. The monoisotopic (exact) mass is 348 g/mol. The van der Waals surface area contributed by atoms with Crippen molar-refractivity contribution in [2.45, 2.75) is 26.4 Å². The maximum absolute atomic E-state index is 12.5. The van der Waals surface area contributed by atoms with Gasteiger partial charge in [0.1, 0.15) is 5.69 Å². The molecule has 0 bridgehead atoms. The fourth-order valence-corrected chi connectivity index (χ4v) is 3.62. The molecule has 0 aromatic carbocycles. The molecule has 0 saturated carbocycles. The Kier molecular flexibility index (Phi) is 4.68. The number of anilines is 1. The Morgan fingerprint density at radius 3 is 2.96 bits per heavy atom. The first kappa shape index (κ1) is 16.7. The summed E-state index contributed by atoms with van der Waals surface area (Å²) in [5.41, 5.74) is 6.99. The van der Waals surface area contributed by atoms with Crippen molar-refractivity contribution < 1.29 is 14.3 Å². The number of rotatable bonds is 5. The number of amides is 2. The van der Waals surface area contributed by atoms with Crippen molar-refractivity contribution in [2.24, 2.45) is 17.6 Å². The number of hydrogen-bond acceptors (Lipinski definition) is 5. The van der Waals surface area contributed by atoms with Gasteiger partial charge in [-0.1, -0.05) is 13.8 Å². The number of thiazole rings is 1. The quantitative estimate of drug-likeness (QED) is 0.769. The highest BCUT2D eigenvalue weighted by Crippen LogP contribution is 2.30. The lowest BCUT2D eigenvalue weighted by Crippen LogP contribution is -2.32. The van der Waals surface area contributed by atoms with Crippen LogP contribution in [-0.4, -0.2) is 34.5 Å². The average Bonchev–Trinajstić information content (AvgIpc) is 3.26. The summed E-state index contributed by atoms with van der Waals surface area (Å²) < 4.78 is 5.66. The first-order chi connectivity index (χ1) is 11.5. The largest absolute Gasteiger partial charge is 0.377 e. The van der Waals surface area contributed by atoms with E-state index in [0.29, 0.717) is 29.0 Å². The first-order valence-corrected chi connectivity index (χ1v) is 8.70. The van der Waals surface area contributed by atoms with E-state index in [9.17, 15) is 9.59 Å². The van der Waals surface area contributed by atoms with Gasteiger partial charge in [-0.3, -0.25) is 9.59 Å². The van der Waals surface area contributed by atoms with E-state index < -0.39 is 5.91 Å². The number of aromatic amines is 1. The highest BCUT2D eigenvalue weighted by Gasteiger charge is 2.36. The molecule has 0 radical (unpaired) electrons. The number of carbonyl (C=O) groups is 2. The van der Waals surface area contributed by atoms with Gasteiger partial charge in [0.15, 0.2) is 5.13 Å². The molecule has 1 saturated heterocycles. The van der Waals surface area contributed by atoms with Crippen molar-refractivity contribution in [1.82, 2.24) is 9.97 Å². The second-order valence-corrected chi connectivity index (χ2v) is 7.03. The molecule has 1 aliphatic rings. The number of hydrogen-bond donors (Lipinski definition) is 3. The molecule has 24 heavy (non-hydrogen) atoms. The van der Waals surface area contributed by atoms with Gasteiger partial charge in [-0.05, 0) is 18.4 Å². The second kappa shape index (κ2) is 6.74. The predicted octanol–water partition coefficient (Wildman–Crippen LogP) is 2.24. The molecule has 2 aromatic rings. The Bertz CT molecular complexity index is 752.